The van der Waals surface area contributed by atoms with E-state index in [0.29, 0.717) is 17.4 Å². The van der Waals surface area contributed by atoms with Crippen molar-refractivity contribution in [2.24, 2.45) is 11.8 Å². The molecule has 137 valence electrons. The molecular weight excluding hydrogens is 328 g/mol. The maximum absolute atomic E-state index is 12.3. The van der Waals surface area contributed by atoms with Crippen molar-refractivity contribution in [3.63, 3.8) is 0 Å². The zero-order valence-electron chi connectivity index (χ0n) is 16.0. The molecule has 0 aromatic heterocycles. The molecule has 0 heterocycles. The SMILES string of the molecule is C=C[Si](CC)(CC)c1ccc(C(=O)OO[C]2CC(C)CCC2C)cc1. The van der Waals surface area contributed by atoms with Gasteiger partial charge in [-0.1, -0.05) is 69.2 Å². The fraction of sp³-hybridized carbons (Fsp3) is 0.524. The van der Waals surface area contributed by atoms with E-state index in [0.717, 1.165) is 31.0 Å². The molecule has 1 saturated carbocycles. The normalized spacial score (nSPS) is 21.8. The van der Waals surface area contributed by atoms with Crippen LogP contribution in [0.5, 0.6) is 0 Å². The Morgan fingerprint density at radius 3 is 2.40 bits per heavy atom. The summed E-state index contributed by atoms with van der Waals surface area (Å²) in [6.45, 7) is 12.8. The Balaban J connectivity index is 1.99. The van der Waals surface area contributed by atoms with E-state index in [2.05, 4.69) is 52.1 Å². The van der Waals surface area contributed by atoms with Crippen molar-refractivity contribution in [3.8, 4) is 0 Å². The number of hydrogen-bond donors (Lipinski definition) is 0. The molecule has 1 fully saturated rings. The largest absolute Gasteiger partial charge is 0.373 e. The minimum absolute atomic E-state index is 0.347. The number of carbonyl (C=O) groups excluding carboxylic acids is 1. The summed E-state index contributed by atoms with van der Waals surface area (Å²) in [6, 6.07) is 10.0. The first-order valence-corrected chi connectivity index (χ1v) is 11.9. The average Bonchev–Trinajstić information content (AvgIpc) is 2.64. The quantitative estimate of drug-likeness (QED) is 0.382. The lowest BCUT2D eigenvalue weighted by Crippen LogP contribution is -2.44. The van der Waals surface area contributed by atoms with Crippen LogP contribution in [0.3, 0.4) is 0 Å². The molecule has 0 spiro atoms. The van der Waals surface area contributed by atoms with Gasteiger partial charge in [0.25, 0.3) is 0 Å². The summed E-state index contributed by atoms with van der Waals surface area (Å²) >= 11 is 0. The molecule has 2 unspecified atom stereocenters. The third kappa shape index (κ3) is 4.62. The minimum atomic E-state index is -1.64. The standard InChI is InChI=1S/C21H31O3Si/c1-6-25(7-2,8-3)19-13-11-18(12-14-19)21(22)24-23-20-15-16(4)9-10-17(20)5/h6,11-14,16-17H,1,7-10,15H2,2-5H3. The highest BCUT2D eigenvalue weighted by Crippen LogP contribution is 2.35. The van der Waals surface area contributed by atoms with Crippen molar-refractivity contribution in [1.82, 2.24) is 0 Å². The van der Waals surface area contributed by atoms with Crippen molar-refractivity contribution in [1.29, 1.82) is 0 Å². The van der Waals surface area contributed by atoms with Crippen molar-refractivity contribution in [2.45, 2.75) is 59.0 Å². The van der Waals surface area contributed by atoms with Crippen LogP contribution < -0.4 is 5.19 Å². The first-order valence-electron chi connectivity index (χ1n) is 9.44. The summed E-state index contributed by atoms with van der Waals surface area (Å²) in [5, 5.41) is 1.31. The third-order valence-corrected chi connectivity index (χ3v) is 10.6. The second kappa shape index (κ2) is 8.81. The number of carbonyl (C=O) groups is 1. The van der Waals surface area contributed by atoms with Crippen LogP contribution in [0.15, 0.2) is 36.5 Å². The van der Waals surface area contributed by atoms with E-state index in [1.165, 1.54) is 11.6 Å². The van der Waals surface area contributed by atoms with E-state index in [9.17, 15) is 4.79 Å². The summed E-state index contributed by atoms with van der Waals surface area (Å²) in [4.78, 5) is 22.8. The van der Waals surface area contributed by atoms with E-state index in [1.807, 2.05) is 12.1 Å². The van der Waals surface area contributed by atoms with E-state index >= 15 is 0 Å². The molecule has 1 aliphatic carbocycles. The van der Waals surface area contributed by atoms with Crippen LogP contribution in [0.25, 0.3) is 0 Å². The van der Waals surface area contributed by atoms with E-state index < -0.39 is 14.0 Å². The van der Waals surface area contributed by atoms with Crippen LogP contribution >= 0.6 is 0 Å². The lowest BCUT2D eigenvalue weighted by Gasteiger charge is -2.29. The molecule has 1 aromatic carbocycles. The highest BCUT2D eigenvalue weighted by Gasteiger charge is 2.30. The van der Waals surface area contributed by atoms with E-state index in [1.54, 1.807) is 0 Å². The Morgan fingerprint density at radius 2 is 1.84 bits per heavy atom. The van der Waals surface area contributed by atoms with Crippen molar-refractivity contribution in [3.05, 3.63) is 48.2 Å². The first kappa shape index (κ1) is 19.9. The molecule has 2 atom stereocenters. The molecule has 2 rings (SSSR count). The third-order valence-electron chi connectivity index (χ3n) is 5.76. The Hall–Kier alpha value is -1.39. The highest BCUT2D eigenvalue weighted by atomic mass is 28.3. The molecule has 0 amide bonds. The summed E-state index contributed by atoms with van der Waals surface area (Å²) in [7, 11) is -1.64. The van der Waals surface area contributed by atoms with Crippen LogP contribution in [0.2, 0.25) is 12.1 Å². The van der Waals surface area contributed by atoms with Gasteiger partial charge in [-0.05, 0) is 36.8 Å². The fourth-order valence-corrected chi connectivity index (χ4v) is 6.56. The maximum atomic E-state index is 12.3. The van der Waals surface area contributed by atoms with Gasteiger partial charge in [-0.15, -0.1) is 6.58 Å². The molecule has 0 aliphatic heterocycles. The predicted molar refractivity (Wildman–Crippen MR) is 105 cm³/mol. The van der Waals surface area contributed by atoms with E-state index in [4.69, 9.17) is 9.78 Å². The van der Waals surface area contributed by atoms with Gasteiger partial charge in [-0.3, -0.25) is 4.89 Å². The Labute approximate surface area is 153 Å². The topological polar surface area (TPSA) is 35.5 Å². The molecule has 0 N–H and O–H groups in total. The van der Waals surface area contributed by atoms with Gasteiger partial charge in [-0.25, -0.2) is 4.79 Å². The average molecular weight is 360 g/mol. The molecule has 1 aliphatic rings. The molecule has 3 nitrogen and oxygen atoms in total. The Kier molecular flexibility index (Phi) is 7.02. The van der Waals surface area contributed by atoms with Crippen LogP contribution in [0, 0.1) is 17.9 Å². The van der Waals surface area contributed by atoms with Crippen LogP contribution in [-0.4, -0.2) is 14.0 Å². The molecule has 0 saturated heterocycles. The van der Waals surface area contributed by atoms with Gasteiger partial charge in [0.05, 0.1) is 5.56 Å². The molecule has 1 aromatic rings. The second-order valence-electron chi connectivity index (χ2n) is 7.35. The van der Waals surface area contributed by atoms with Crippen molar-refractivity contribution < 1.29 is 14.6 Å². The zero-order chi connectivity index (χ0) is 18.4. The first-order chi connectivity index (χ1) is 12.0. The summed E-state index contributed by atoms with van der Waals surface area (Å²) in [6.07, 6.45) is 4.05. The molecule has 4 heteroatoms. The lowest BCUT2D eigenvalue weighted by molar-refractivity contribution is -0.248. The minimum Gasteiger partial charge on any atom is -0.292 e. The molecular formula is C21H31O3Si. The number of benzene rings is 1. The van der Waals surface area contributed by atoms with Crippen molar-refractivity contribution >= 4 is 19.2 Å². The van der Waals surface area contributed by atoms with Gasteiger partial charge in [0.2, 0.25) is 0 Å². The van der Waals surface area contributed by atoms with Gasteiger partial charge in [0.1, 0.15) is 8.07 Å². The second-order valence-corrected chi connectivity index (χ2v) is 12.1. The van der Waals surface area contributed by atoms with Gasteiger partial charge >= 0.3 is 5.97 Å². The molecule has 0 bridgehead atoms. The van der Waals surface area contributed by atoms with Crippen LogP contribution in [-0.2, 0) is 9.78 Å². The molecule has 25 heavy (non-hydrogen) atoms. The van der Waals surface area contributed by atoms with Crippen LogP contribution in [0.4, 0.5) is 0 Å². The smallest absolute Gasteiger partial charge is 0.292 e. The van der Waals surface area contributed by atoms with Crippen molar-refractivity contribution in [2.75, 3.05) is 0 Å². The van der Waals surface area contributed by atoms with Gasteiger partial charge in [0, 0.05) is 0 Å². The highest BCUT2D eigenvalue weighted by molar-refractivity contribution is 6.95. The monoisotopic (exact) mass is 359 g/mol. The summed E-state index contributed by atoms with van der Waals surface area (Å²) in [5.41, 5.74) is 2.67. The van der Waals surface area contributed by atoms with Gasteiger partial charge in [-0.2, -0.15) is 4.89 Å². The van der Waals surface area contributed by atoms with Crippen LogP contribution in [0.1, 0.15) is 57.3 Å². The Bertz CT molecular complexity index is 577. The number of hydrogen-bond acceptors (Lipinski definition) is 3. The van der Waals surface area contributed by atoms with Gasteiger partial charge in [0.15, 0.2) is 6.10 Å². The fourth-order valence-electron chi connectivity index (χ4n) is 3.60. The zero-order valence-corrected chi connectivity index (χ0v) is 17.0. The number of rotatable bonds is 7. The maximum Gasteiger partial charge on any atom is 0.373 e. The predicted octanol–water partition coefficient (Wildman–Crippen LogP) is 5.18. The molecule has 1 radical (unpaired) electrons. The summed E-state index contributed by atoms with van der Waals surface area (Å²) < 4.78 is 0. The summed E-state index contributed by atoms with van der Waals surface area (Å²) in [5.74, 6) is 0.507. The van der Waals surface area contributed by atoms with E-state index in [-0.39, 0.29) is 0 Å². The lowest BCUT2D eigenvalue weighted by atomic mass is 9.82. The Morgan fingerprint density at radius 1 is 1.20 bits per heavy atom. The van der Waals surface area contributed by atoms with Gasteiger partial charge < -0.3 is 0 Å².